The smallest absolute Gasteiger partial charge is 0.229 e. The van der Waals surface area contributed by atoms with Crippen molar-refractivity contribution in [2.75, 3.05) is 31.6 Å². The van der Waals surface area contributed by atoms with Gasteiger partial charge in [0.25, 0.3) is 0 Å². The molecule has 1 aromatic carbocycles. The summed E-state index contributed by atoms with van der Waals surface area (Å²) in [4.78, 5) is 16.8. The number of anilines is 1. The monoisotopic (exact) mass is 397 g/mol. The Kier molecular flexibility index (Phi) is 7.08. The summed E-state index contributed by atoms with van der Waals surface area (Å²) in [5, 5.41) is 6.11. The van der Waals surface area contributed by atoms with Crippen molar-refractivity contribution in [3.63, 3.8) is 0 Å². The zero-order chi connectivity index (χ0) is 16.4. The minimum atomic E-state index is 0. The lowest BCUT2D eigenvalue weighted by Gasteiger charge is -2.18. The van der Waals surface area contributed by atoms with E-state index in [2.05, 4.69) is 15.6 Å². The lowest BCUT2D eigenvalue weighted by molar-refractivity contribution is -0.119. The number of carbonyl (C=O) groups is 1. The summed E-state index contributed by atoms with van der Waals surface area (Å²) in [7, 11) is 0. The molecule has 0 spiro atoms. The number of amides is 1. The molecule has 0 radical (unpaired) electrons. The van der Waals surface area contributed by atoms with Gasteiger partial charge in [0.15, 0.2) is 11.5 Å². The normalized spacial score (nSPS) is 17.6. The largest absolute Gasteiger partial charge is 0.486 e. The lowest BCUT2D eigenvalue weighted by Crippen LogP contribution is -2.25. The molecule has 1 unspecified atom stereocenters. The Morgan fingerprint density at radius 1 is 1.12 bits per heavy atom. The Morgan fingerprint density at radius 3 is 2.69 bits per heavy atom. The van der Waals surface area contributed by atoms with Crippen molar-refractivity contribution >= 4 is 36.5 Å². The summed E-state index contributed by atoms with van der Waals surface area (Å²) in [5.74, 6) is 2.09. The molecule has 3 heterocycles. The van der Waals surface area contributed by atoms with E-state index < -0.39 is 0 Å². The van der Waals surface area contributed by atoms with Crippen LogP contribution in [0.5, 0.6) is 11.5 Å². The number of nitrogens with zero attached hydrogens (tertiary/aromatic N) is 1. The van der Waals surface area contributed by atoms with Crippen molar-refractivity contribution in [2.24, 2.45) is 5.92 Å². The minimum absolute atomic E-state index is 0. The predicted molar refractivity (Wildman–Crippen MR) is 105 cm³/mol. The number of pyridine rings is 1. The first-order valence-electron chi connectivity index (χ1n) is 8.18. The summed E-state index contributed by atoms with van der Waals surface area (Å²) in [6, 6.07) is 11.4. The summed E-state index contributed by atoms with van der Waals surface area (Å²) in [5.41, 5.74) is 1.72. The summed E-state index contributed by atoms with van der Waals surface area (Å²) in [6.07, 6.45) is 0.869. The number of hydrogen-bond donors (Lipinski definition) is 2. The third-order valence-corrected chi connectivity index (χ3v) is 4.27. The molecule has 0 aliphatic carbocycles. The van der Waals surface area contributed by atoms with E-state index in [-0.39, 0.29) is 36.6 Å². The Hall–Kier alpha value is -2.02. The zero-order valence-electron chi connectivity index (χ0n) is 14.1. The van der Waals surface area contributed by atoms with E-state index in [1.54, 1.807) is 0 Å². The number of rotatable bonds is 3. The van der Waals surface area contributed by atoms with Crippen molar-refractivity contribution < 1.29 is 14.3 Å². The van der Waals surface area contributed by atoms with Gasteiger partial charge in [0.1, 0.15) is 19.0 Å². The van der Waals surface area contributed by atoms with E-state index in [0.717, 1.165) is 42.3 Å². The molecule has 1 atom stereocenters. The molecule has 1 aromatic heterocycles. The first kappa shape index (κ1) is 20.3. The zero-order valence-corrected chi connectivity index (χ0v) is 15.7. The second-order valence-electron chi connectivity index (χ2n) is 5.95. The van der Waals surface area contributed by atoms with Crippen LogP contribution in [-0.2, 0) is 4.79 Å². The number of carbonyl (C=O) groups excluding carboxylic acids is 1. The standard InChI is InChI=1S/C18H19N3O3.2ClH/c22-18(13-6-7-19-11-13)21-17-3-1-2-14(20-17)12-4-5-15-16(10-12)24-9-8-23-15;;/h1-5,10,13,19H,6-9,11H2,(H,20,21,22);2*1H. The molecule has 1 saturated heterocycles. The van der Waals surface area contributed by atoms with Crippen LogP contribution in [0, 0.1) is 5.92 Å². The highest BCUT2D eigenvalue weighted by Gasteiger charge is 2.22. The van der Waals surface area contributed by atoms with Crippen molar-refractivity contribution in [3.8, 4) is 22.8 Å². The van der Waals surface area contributed by atoms with E-state index in [9.17, 15) is 4.79 Å². The van der Waals surface area contributed by atoms with Crippen LogP contribution in [-0.4, -0.2) is 37.2 Å². The number of ether oxygens (including phenoxy) is 2. The van der Waals surface area contributed by atoms with E-state index in [4.69, 9.17) is 9.47 Å². The van der Waals surface area contributed by atoms with Gasteiger partial charge in [-0.2, -0.15) is 0 Å². The number of hydrogen-bond acceptors (Lipinski definition) is 5. The molecule has 8 heteroatoms. The molecular formula is C18H21Cl2N3O3. The number of halogens is 2. The number of fused-ring (bicyclic) bond motifs is 1. The maximum absolute atomic E-state index is 12.2. The van der Waals surface area contributed by atoms with Gasteiger partial charge in [-0.25, -0.2) is 4.98 Å². The molecule has 0 saturated carbocycles. The SMILES string of the molecule is Cl.Cl.O=C(Nc1cccc(-c2ccc3c(c2)OCCO3)n1)C1CCNC1. The number of aromatic nitrogens is 1. The highest BCUT2D eigenvalue weighted by Crippen LogP contribution is 2.34. The fraction of sp³-hybridized carbons (Fsp3) is 0.333. The van der Waals surface area contributed by atoms with Crippen molar-refractivity contribution in [1.82, 2.24) is 10.3 Å². The van der Waals surface area contributed by atoms with Crippen LogP contribution in [0.4, 0.5) is 5.82 Å². The second-order valence-corrected chi connectivity index (χ2v) is 5.95. The molecule has 0 bridgehead atoms. The first-order valence-corrected chi connectivity index (χ1v) is 8.18. The molecule has 2 N–H and O–H groups in total. The van der Waals surface area contributed by atoms with E-state index >= 15 is 0 Å². The molecule has 2 aliphatic rings. The van der Waals surface area contributed by atoms with Crippen molar-refractivity contribution in [2.45, 2.75) is 6.42 Å². The van der Waals surface area contributed by atoms with Crippen LogP contribution in [0.25, 0.3) is 11.3 Å². The minimum Gasteiger partial charge on any atom is -0.486 e. The summed E-state index contributed by atoms with van der Waals surface area (Å²) < 4.78 is 11.2. The molecule has 140 valence electrons. The van der Waals surface area contributed by atoms with E-state index in [0.29, 0.717) is 19.0 Å². The molecule has 6 nitrogen and oxygen atoms in total. The van der Waals surface area contributed by atoms with Gasteiger partial charge >= 0.3 is 0 Å². The molecule has 1 amide bonds. The third kappa shape index (κ3) is 4.38. The Labute approximate surface area is 164 Å². The molecule has 2 aromatic rings. The predicted octanol–water partition coefficient (Wildman–Crippen LogP) is 2.91. The lowest BCUT2D eigenvalue weighted by atomic mass is 10.1. The van der Waals surface area contributed by atoms with Crippen molar-refractivity contribution in [1.29, 1.82) is 0 Å². The fourth-order valence-corrected chi connectivity index (χ4v) is 2.97. The average Bonchev–Trinajstić information content (AvgIpc) is 3.16. The Balaban J connectivity index is 0.00000121. The molecular weight excluding hydrogens is 377 g/mol. The van der Waals surface area contributed by atoms with Gasteiger partial charge in [-0.15, -0.1) is 24.8 Å². The number of benzene rings is 1. The summed E-state index contributed by atoms with van der Waals surface area (Å²) >= 11 is 0. The van der Waals surface area contributed by atoms with Gasteiger partial charge in [-0.05, 0) is 43.3 Å². The topological polar surface area (TPSA) is 72.5 Å². The van der Waals surface area contributed by atoms with Crippen LogP contribution in [0.3, 0.4) is 0 Å². The summed E-state index contributed by atoms with van der Waals surface area (Å²) in [6.45, 7) is 2.74. The van der Waals surface area contributed by atoms with Gasteiger partial charge in [0, 0.05) is 12.1 Å². The molecule has 2 aliphatic heterocycles. The first-order chi connectivity index (χ1) is 11.8. The molecule has 26 heavy (non-hydrogen) atoms. The van der Waals surface area contributed by atoms with Gasteiger partial charge < -0.3 is 20.1 Å². The van der Waals surface area contributed by atoms with Gasteiger partial charge in [-0.1, -0.05) is 6.07 Å². The van der Waals surface area contributed by atoms with E-state index in [1.165, 1.54) is 0 Å². The Bertz CT molecular complexity index is 767. The molecule has 1 fully saturated rings. The second kappa shape index (κ2) is 9.07. The highest BCUT2D eigenvalue weighted by atomic mass is 35.5. The fourth-order valence-electron chi connectivity index (χ4n) is 2.97. The molecule has 4 rings (SSSR count). The van der Waals surface area contributed by atoms with Gasteiger partial charge in [-0.3, -0.25) is 4.79 Å². The maximum Gasteiger partial charge on any atom is 0.229 e. The van der Waals surface area contributed by atoms with Crippen LogP contribution in [0.1, 0.15) is 6.42 Å². The van der Waals surface area contributed by atoms with Crippen LogP contribution < -0.4 is 20.1 Å². The Morgan fingerprint density at radius 2 is 1.92 bits per heavy atom. The van der Waals surface area contributed by atoms with Crippen LogP contribution in [0.15, 0.2) is 36.4 Å². The van der Waals surface area contributed by atoms with Crippen molar-refractivity contribution in [3.05, 3.63) is 36.4 Å². The third-order valence-electron chi connectivity index (χ3n) is 4.27. The average molecular weight is 398 g/mol. The van der Waals surface area contributed by atoms with Crippen LogP contribution in [0.2, 0.25) is 0 Å². The van der Waals surface area contributed by atoms with Gasteiger partial charge in [0.05, 0.1) is 11.6 Å². The van der Waals surface area contributed by atoms with Gasteiger partial charge in [0.2, 0.25) is 5.91 Å². The maximum atomic E-state index is 12.2. The number of nitrogens with one attached hydrogen (secondary N) is 2. The van der Waals surface area contributed by atoms with Crippen LogP contribution >= 0.6 is 24.8 Å². The quantitative estimate of drug-likeness (QED) is 0.832. The van der Waals surface area contributed by atoms with E-state index in [1.807, 2.05) is 36.4 Å². The highest BCUT2D eigenvalue weighted by molar-refractivity contribution is 5.92.